The Morgan fingerprint density at radius 1 is 1.30 bits per heavy atom. The molecule has 20 heavy (non-hydrogen) atoms. The molecule has 1 aliphatic rings. The van der Waals surface area contributed by atoms with E-state index >= 15 is 0 Å². The van der Waals surface area contributed by atoms with Gasteiger partial charge in [0.05, 0.1) is 12.3 Å². The van der Waals surface area contributed by atoms with Crippen LogP contribution in [-0.4, -0.2) is 36.7 Å². The largest absolute Gasteiger partial charge is 0.492 e. The summed E-state index contributed by atoms with van der Waals surface area (Å²) >= 11 is 0. The molecule has 1 aromatic rings. The van der Waals surface area contributed by atoms with Crippen molar-refractivity contribution < 1.29 is 4.74 Å². The number of ether oxygens (including phenoxy) is 1. The van der Waals surface area contributed by atoms with Gasteiger partial charge in [-0.2, -0.15) is 0 Å². The average Bonchev–Trinajstić information content (AvgIpc) is 2.43. The maximum atomic E-state index is 5.75. The van der Waals surface area contributed by atoms with Gasteiger partial charge in [-0.3, -0.25) is 0 Å². The molecule has 1 saturated heterocycles. The molecule has 0 atom stereocenters. The van der Waals surface area contributed by atoms with Crippen LogP contribution in [0.3, 0.4) is 0 Å². The number of piperidine rings is 1. The van der Waals surface area contributed by atoms with Crippen LogP contribution in [0.5, 0.6) is 5.75 Å². The van der Waals surface area contributed by atoms with Gasteiger partial charge in [-0.15, -0.1) is 0 Å². The summed E-state index contributed by atoms with van der Waals surface area (Å²) in [6.45, 7) is 11.8. The fraction of sp³-hybridized carbons (Fsp3) is 0.647. The zero-order chi connectivity index (χ0) is 14.5. The van der Waals surface area contributed by atoms with Crippen LogP contribution in [0.25, 0.3) is 0 Å². The van der Waals surface area contributed by atoms with E-state index in [0.29, 0.717) is 18.7 Å². The first-order chi connectivity index (χ1) is 9.60. The second-order valence-corrected chi connectivity index (χ2v) is 5.98. The molecule has 0 bridgehead atoms. The molecule has 2 rings (SSSR count). The van der Waals surface area contributed by atoms with Crippen LogP contribution in [0.2, 0.25) is 0 Å². The van der Waals surface area contributed by atoms with Crippen LogP contribution < -0.4 is 10.1 Å². The highest BCUT2D eigenvalue weighted by molar-refractivity contribution is 5.58. The summed E-state index contributed by atoms with van der Waals surface area (Å²) in [5.74, 6) is 0.985. The molecule has 1 aliphatic heterocycles. The van der Waals surface area contributed by atoms with Crippen molar-refractivity contribution in [2.24, 2.45) is 0 Å². The Bertz CT molecular complexity index is 423. The lowest BCUT2D eigenvalue weighted by molar-refractivity contribution is 0.177. The molecule has 1 aromatic carbocycles. The Hall–Kier alpha value is -1.22. The number of anilines is 1. The Morgan fingerprint density at radius 2 is 2.00 bits per heavy atom. The maximum Gasteiger partial charge on any atom is 0.142 e. The minimum atomic E-state index is 0.562. The zero-order valence-electron chi connectivity index (χ0n) is 13.3. The van der Waals surface area contributed by atoms with Crippen molar-refractivity contribution in [3.8, 4) is 5.75 Å². The van der Waals surface area contributed by atoms with E-state index in [1.165, 1.54) is 31.5 Å². The highest BCUT2D eigenvalue weighted by atomic mass is 16.5. The molecule has 0 saturated carbocycles. The minimum Gasteiger partial charge on any atom is -0.492 e. The molecule has 3 heteroatoms. The van der Waals surface area contributed by atoms with Gasteiger partial charge in [0.25, 0.3) is 0 Å². The molecule has 3 nitrogen and oxygen atoms in total. The first-order valence-corrected chi connectivity index (χ1v) is 7.84. The SMILES string of the molecule is CCOc1cc(C)ccc1NC1CCN(C(C)C)CC1. The fourth-order valence-corrected chi connectivity index (χ4v) is 2.80. The summed E-state index contributed by atoms with van der Waals surface area (Å²) in [4.78, 5) is 2.55. The summed E-state index contributed by atoms with van der Waals surface area (Å²) in [5, 5.41) is 3.67. The molecule has 0 spiro atoms. The topological polar surface area (TPSA) is 24.5 Å². The average molecular weight is 276 g/mol. The number of nitrogens with zero attached hydrogens (tertiary/aromatic N) is 1. The van der Waals surface area contributed by atoms with Crippen LogP contribution in [0.15, 0.2) is 18.2 Å². The van der Waals surface area contributed by atoms with Crippen molar-refractivity contribution >= 4 is 5.69 Å². The molecular formula is C17H28N2O. The molecule has 0 aromatic heterocycles. The standard InChI is InChI=1S/C17H28N2O/c1-5-20-17-12-14(4)6-7-16(17)18-15-8-10-19(11-9-15)13(2)3/h6-7,12-13,15,18H,5,8-11H2,1-4H3. The zero-order valence-corrected chi connectivity index (χ0v) is 13.3. The third-order valence-electron chi connectivity index (χ3n) is 4.06. The highest BCUT2D eigenvalue weighted by Crippen LogP contribution is 2.28. The minimum absolute atomic E-state index is 0.562. The van der Waals surface area contributed by atoms with Gasteiger partial charge in [-0.05, 0) is 58.2 Å². The monoisotopic (exact) mass is 276 g/mol. The summed E-state index contributed by atoms with van der Waals surface area (Å²) in [6.07, 6.45) is 2.41. The Morgan fingerprint density at radius 3 is 2.60 bits per heavy atom. The van der Waals surface area contributed by atoms with E-state index in [4.69, 9.17) is 4.74 Å². The molecule has 112 valence electrons. The van der Waals surface area contributed by atoms with Crippen molar-refractivity contribution in [1.82, 2.24) is 4.90 Å². The van der Waals surface area contributed by atoms with Gasteiger partial charge in [0.15, 0.2) is 0 Å². The molecule has 0 amide bonds. The third-order valence-corrected chi connectivity index (χ3v) is 4.06. The Balaban J connectivity index is 1.97. The molecule has 1 heterocycles. The van der Waals surface area contributed by atoms with E-state index in [1.807, 2.05) is 6.92 Å². The third kappa shape index (κ3) is 3.89. The lowest BCUT2D eigenvalue weighted by Crippen LogP contribution is -2.42. The van der Waals surface area contributed by atoms with Crippen LogP contribution in [-0.2, 0) is 0 Å². The lowest BCUT2D eigenvalue weighted by Gasteiger charge is -2.35. The van der Waals surface area contributed by atoms with Gasteiger partial charge < -0.3 is 15.0 Å². The molecule has 0 aliphatic carbocycles. The van der Waals surface area contributed by atoms with Crippen LogP contribution in [0, 0.1) is 6.92 Å². The van der Waals surface area contributed by atoms with Gasteiger partial charge in [0.2, 0.25) is 0 Å². The van der Waals surface area contributed by atoms with Crippen molar-refractivity contribution in [2.45, 2.75) is 52.6 Å². The van der Waals surface area contributed by atoms with Gasteiger partial charge in [0, 0.05) is 25.2 Å². The second-order valence-electron chi connectivity index (χ2n) is 5.98. The van der Waals surface area contributed by atoms with E-state index in [1.54, 1.807) is 0 Å². The molecule has 1 fully saturated rings. The summed E-state index contributed by atoms with van der Waals surface area (Å²) < 4.78 is 5.75. The first-order valence-electron chi connectivity index (χ1n) is 7.84. The lowest BCUT2D eigenvalue weighted by atomic mass is 10.0. The number of aryl methyl sites for hydroxylation is 1. The van der Waals surface area contributed by atoms with E-state index in [9.17, 15) is 0 Å². The van der Waals surface area contributed by atoms with Gasteiger partial charge >= 0.3 is 0 Å². The number of rotatable bonds is 5. The number of hydrogen-bond acceptors (Lipinski definition) is 3. The smallest absolute Gasteiger partial charge is 0.142 e. The van der Waals surface area contributed by atoms with Gasteiger partial charge in [0.1, 0.15) is 5.75 Å². The van der Waals surface area contributed by atoms with E-state index in [2.05, 4.69) is 49.2 Å². The Labute approximate surface area is 123 Å². The van der Waals surface area contributed by atoms with Crippen molar-refractivity contribution in [1.29, 1.82) is 0 Å². The number of nitrogens with one attached hydrogen (secondary N) is 1. The molecule has 1 N–H and O–H groups in total. The molecular weight excluding hydrogens is 248 g/mol. The normalized spacial score (nSPS) is 17.4. The van der Waals surface area contributed by atoms with E-state index in [-0.39, 0.29) is 0 Å². The summed E-state index contributed by atoms with van der Waals surface area (Å²) in [5.41, 5.74) is 2.38. The summed E-state index contributed by atoms with van der Waals surface area (Å²) in [6, 6.07) is 7.64. The van der Waals surface area contributed by atoms with Gasteiger partial charge in [-0.1, -0.05) is 6.07 Å². The number of likely N-dealkylation sites (tertiary alicyclic amines) is 1. The van der Waals surface area contributed by atoms with Crippen LogP contribution >= 0.6 is 0 Å². The van der Waals surface area contributed by atoms with Crippen molar-refractivity contribution in [2.75, 3.05) is 25.0 Å². The van der Waals surface area contributed by atoms with Crippen LogP contribution in [0.4, 0.5) is 5.69 Å². The predicted octanol–water partition coefficient (Wildman–Crippen LogP) is 3.68. The second kappa shape index (κ2) is 6.98. The molecule has 0 radical (unpaired) electrons. The van der Waals surface area contributed by atoms with Crippen LogP contribution in [0.1, 0.15) is 39.2 Å². The van der Waals surface area contributed by atoms with E-state index in [0.717, 1.165) is 11.4 Å². The van der Waals surface area contributed by atoms with Crippen molar-refractivity contribution in [3.05, 3.63) is 23.8 Å². The summed E-state index contributed by atoms with van der Waals surface area (Å²) in [7, 11) is 0. The predicted molar refractivity (Wildman–Crippen MR) is 85.7 cm³/mol. The molecule has 0 unspecified atom stereocenters. The van der Waals surface area contributed by atoms with Gasteiger partial charge in [-0.25, -0.2) is 0 Å². The maximum absolute atomic E-state index is 5.75. The fourth-order valence-electron chi connectivity index (χ4n) is 2.80. The number of benzene rings is 1. The first kappa shape index (κ1) is 15.2. The van der Waals surface area contributed by atoms with Crippen molar-refractivity contribution in [3.63, 3.8) is 0 Å². The number of hydrogen-bond donors (Lipinski definition) is 1. The highest BCUT2D eigenvalue weighted by Gasteiger charge is 2.21. The quantitative estimate of drug-likeness (QED) is 0.888. The van der Waals surface area contributed by atoms with E-state index < -0.39 is 0 Å². The Kier molecular flexibility index (Phi) is 5.30.